The number of nitriles is 1. The van der Waals surface area contributed by atoms with E-state index in [2.05, 4.69) is 46.5 Å². The molecule has 0 rings (SSSR count). The second kappa shape index (κ2) is 45.3. The summed E-state index contributed by atoms with van der Waals surface area (Å²) in [4.78, 5) is 0. The van der Waals surface area contributed by atoms with Crippen molar-refractivity contribution >= 4 is 0 Å². The van der Waals surface area contributed by atoms with Gasteiger partial charge in [0.2, 0.25) is 0 Å². The van der Waals surface area contributed by atoms with Gasteiger partial charge in [-0.25, -0.2) is 5.26 Å². The molecule has 2 heteroatoms. The fourth-order valence-corrected chi connectivity index (χ4v) is 2.79. The lowest BCUT2D eigenvalue weighted by atomic mass is 10.1. The molecule has 0 atom stereocenters. The molecule has 0 radical (unpaired) electrons. The van der Waals surface area contributed by atoms with Crippen LogP contribution in [0.15, 0.2) is 0 Å². The van der Waals surface area contributed by atoms with E-state index in [1.165, 1.54) is 122 Å². The van der Waals surface area contributed by atoms with Crippen LogP contribution in [-0.4, -0.2) is 13.6 Å². The van der Waals surface area contributed by atoms with Crippen molar-refractivity contribution < 1.29 is 0 Å². The van der Waals surface area contributed by atoms with Crippen molar-refractivity contribution in [2.75, 3.05) is 13.6 Å². The second-order valence-corrected chi connectivity index (χ2v) is 7.70. The largest absolute Gasteiger partial charge is 0.320 e. The van der Waals surface area contributed by atoms with Crippen LogP contribution in [0.2, 0.25) is 0 Å². The molecule has 1 N–H and O–H groups in total. The highest BCUT2D eigenvalue weighted by atomic mass is 14.8. The Bertz CT molecular complexity index is 182. The molecule has 0 aromatic heterocycles. The van der Waals surface area contributed by atoms with Crippen LogP contribution in [0.1, 0.15) is 150 Å². The van der Waals surface area contributed by atoms with Gasteiger partial charge in [-0.05, 0) is 20.0 Å². The fourth-order valence-electron chi connectivity index (χ4n) is 2.79. The van der Waals surface area contributed by atoms with Crippen molar-refractivity contribution in [3.8, 4) is 6.57 Å². The van der Waals surface area contributed by atoms with Gasteiger partial charge in [-0.1, -0.05) is 144 Å². The lowest BCUT2D eigenvalue weighted by Gasteiger charge is -1.98. The maximum atomic E-state index is 6.50. The lowest BCUT2D eigenvalue weighted by molar-refractivity contribution is 0.592. The number of rotatable bonds is 17. The third kappa shape index (κ3) is 56.2. The Balaban J connectivity index is -0.000000149. The van der Waals surface area contributed by atoms with E-state index >= 15 is 0 Å². The molecule has 0 fully saturated rings. The number of nitrogens with zero attached hydrogens (tertiary/aromatic N) is 1. The quantitative estimate of drug-likeness (QED) is 0.248. The predicted octanol–water partition coefficient (Wildman–Crippen LogP) is 9.44. The van der Waals surface area contributed by atoms with Gasteiger partial charge >= 0.3 is 0 Å². The van der Waals surface area contributed by atoms with Crippen molar-refractivity contribution in [3.63, 3.8) is 0 Å². The van der Waals surface area contributed by atoms with Gasteiger partial charge in [0.05, 0.1) is 0 Å². The van der Waals surface area contributed by atoms with Crippen molar-refractivity contribution in [2.45, 2.75) is 150 Å². The zero-order valence-electron chi connectivity index (χ0n) is 21.0. The van der Waals surface area contributed by atoms with Gasteiger partial charge < -0.3 is 5.32 Å². The van der Waals surface area contributed by atoms with E-state index in [9.17, 15) is 0 Å². The molecular formula is C26H58N2. The maximum absolute atomic E-state index is 6.50. The minimum Gasteiger partial charge on any atom is -0.320 e. The van der Waals surface area contributed by atoms with Crippen LogP contribution < -0.4 is 5.32 Å². The topological polar surface area (TPSA) is 35.8 Å². The van der Waals surface area contributed by atoms with Gasteiger partial charge in [0.15, 0.2) is 0 Å². The number of nitrogens with one attached hydrogen (secondary N) is 1. The van der Waals surface area contributed by atoms with Crippen molar-refractivity contribution in [1.82, 2.24) is 5.32 Å². The van der Waals surface area contributed by atoms with Crippen LogP contribution in [0, 0.1) is 11.8 Å². The van der Waals surface area contributed by atoms with E-state index < -0.39 is 0 Å². The van der Waals surface area contributed by atoms with Crippen molar-refractivity contribution in [1.29, 1.82) is 5.26 Å². The summed E-state index contributed by atoms with van der Waals surface area (Å²) in [5.74, 6) is 0. The Morgan fingerprint density at radius 1 is 0.429 bits per heavy atom. The molecule has 0 saturated heterocycles. The van der Waals surface area contributed by atoms with Crippen LogP contribution in [0.25, 0.3) is 0 Å². The average molecular weight is 399 g/mol. The van der Waals surface area contributed by atoms with Gasteiger partial charge in [0, 0.05) is 6.57 Å². The average Bonchev–Trinajstić information content (AvgIpc) is 2.74. The highest BCUT2D eigenvalue weighted by molar-refractivity contribution is 4.45. The third-order valence-corrected chi connectivity index (χ3v) is 4.69. The number of hydrogen-bond acceptors (Lipinski definition) is 2. The molecule has 0 saturated carbocycles. The van der Waals surface area contributed by atoms with Crippen LogP contribution in [-0.2, 0) is 0 Å². The number of unbranched alkanes of at least 4 members (excludes halogenated alkanes) is 15. The summed E-state index contributed by atoms with van der Waals surface area (Å²) in [5.41, 5.74) is 0. The molecule has 0 aliphatic rings. The fraction of sp³-hybridized carbons (Fsp3) is 0.962. The zero-order valence-corrected chi connectivity index (χ0v) is 21.0. The summed E-state index contributed by atoms with van der Waals surface area (Å²) in [6.07, 6.45) is 25.4. The molecular weight excluding hydrogens is 340 g/mol. The summed E-state index contributed by atoms with van der Waals surface area (Å²) in [6, 6.07) is 0. The van der Waals surface area contributed by atoms with Gasteiger partial charge in [-0.2, -0.15) is 0 Å². The van der Waals surface area contributed by atoms with Crippen LogP contribution in [0.4, 0.5) is 0 Å². The Hall–Kier alpha value is -0.550. The summed E-state index contributed by atoms with van der Waals surface area (Å²) >= 11 is 0. The number of hydrogen-bond donors (Lipinski definition) is 1. The first-order valence-corrected chi connectivity index (χ1v) is 12.6. The standard InChI is InChI=1S/C9H21N.2C8H18.CHN/c1-3-4-5-6-7-8-9-10-2;2*1-3-5-7-8-6-4-2;1-2/h10H,3-9H2,1-2H3;2*3-8H2,1-2H3;1H. The monoisotopic (exact) mass is 398 g/mol. The Morgan fingerprint density at radius 2 is 0.643 bits per heavy atom. The smallest absolute Gasteiger partial charge is 0.0462 e. The van der Waals surface area contributed by atoms with E-state index in [0.29, 0.717) is 0 Å². The molecule has 0 unspecified atom stereocenters. The molecule has 0 aromatic carbocycles. The molecule has 0 bridgehead atoms. The Kier molecular flexibility index (Phi) is 56.5. The van der Waals surface area contributed by atoms with Gasteiger partial charge in [-0.15, -0.1) is 0 Å². The van der Waals surface area contributed by atoms with E-state index in [1.807, 2.05) is 7.05 Å². The van der Waals surface area contributed by atoms with E-state index in [-0.39, 0.29) is 0 Å². The van der Waals surface area contributed by atoms with Crippen molar-refractivity contribution in [2.24, 2.45) is 0 Å². The predicted molar refractivity (Wildman–Crippen MR) is 132 cm³/mol. The first-order valence-electron chi connectivity index (χ1n) is 12.6. The Labute approximate surface area is 181 Å². The highest BCUT2D eigenvalue weighted by Gasteiger charge is 1.87. The second-order valence-electron chi connectivity index (χ2n) is 7.70. The molecule has 0 amide bonds. The summed E-state index contributed by atoms with van der Waals surface area (Å²) in [6.45, 7) is 16.0. The maximum Gasteiger partial charge on any atom is 0.0462 e. The first-order chi connectivity index (χ1) is 13.7. The molecule has 0 aliphatic carbocycles. The molecule has 0 heterocycles. The van der Waals surface area contributed by atoms with E-state index in [0.717, 1.165) is 0 Å². The van der Waals surface area contributed by atoms with Gasteiger partial charge in [0.25, 0.3) is 0 Å². The summed E-state index contributed by atoms with van der Waals surface area (Å²) < 4.78 is 0. The van der Waals surface area contributed by atoms with Crippen molar-refractivity contribution in [3.05, 3.63) is 0 Å². The minimum atomic E-state index is 1.19. The van der Waals surface area contributed by atoms with Crippen LogP contribution >= 0.6 is 0 Å². The molecule has 0 aliphatic heterocycles. The molecule has 172 valence electrons. The lowest BCUT2D eigenvalue weighted by Crippen LogP contribution is -2.06. The zero-order chi connectivity index (χ0) is 22.1. The van der Waals surface area contributed by atoms with Gasteiger partial charge in [-0.3, -0.25) is 0 Å². The Morgan fingerprint density at radius 3 is 0.857 bits per heavy atom. The third-order valence-electron chi connectivity index (χ3n) is 4.69. The minimum absolute atomic E-state index is 1.19. The SMILES string of the molecule is C#N.CCCCCCCC.CCCCCCCC.CCCCCCCCNC. The molecule has 2 nitrogen and oxygen atoms in total. The van der Waals surface area contributed by atoms with E-state index in [1.54, 1.807) is 0 Å². The summed E-state index contributed by atoms with van der Waals surface area (Å²) in [5, 5.41) is 9.66. The van der Waals surface area contributed by atoms with E-state index in [4.69, 9.17) is 5.26 Å². The normalized spacial score (nSPS) is 9.29. The first kappa shape index (κ1) is 34.9. The molecule has 0 aromatic rings. The van der Waals surface area contributed by atoms with Gasteiger partial charge in [0.1, 0.15) is 0 Å². The highest BCUT2D eigenvalue weighted by Crippen LogP contribution is 2.04. The van der Waals surface area contributed by atoms with Crippen LogP contribution in [0.3, 0.4) is 0 Å². The molecule has 0 spiro atoms. The summed E-state index contributed by atoms with van der Waals surface area (Å²) in [7, 11) is 2.02. The molecule has 28 heavy (non-hydrogen) atoms. The van der Waals surface area contributed by atoms with Crippen LogP contribution in [0.5, 0.6) is 0 Å².